The van der Waals surface area contributed by atoms with Crippen molar-refractivity contribution in [2.75, 3.05) is 13.1 Å². The molecule has 23 heavy (non-hydrogen) atoms. The lowest BCUT2D eigenvalue weighted by atomic mass is 10.2. The fraction of sp³-hybridized carbons (Fsp3) is 0.333. The van der Waals surface area contributed by atoms with Crippen LogP contribution < -0.4 is 0 Å². The summed E-state index contributed by atoms with van der Waals surface area (Å²) in [5, 5.41) is 0. The zero-order valence-corrected chi connectivity index (χ0v) is 13.1. The van der Waals surface area contributed by atoms with E-state index in [0.717, 1.165) is 48.6 Å². The van der Waals surface area contributed by atoms with Crippen LogP contribution in [0.3, 0.4) is 0 Å². The predicted octanol–water partition coefficient (Wildman–Crippen LogP) is 3.72. The van der Waals surface area contributed by atoms with Crippen molar-refractivity contribution in [1.82, 2.24) is 19.4 Å². The minimum Gasteiger partial charge on any atom is -0.294 e. The van der Waals surface area contributed by atoms with Crippen molar-refractivity contribution < 1.29 is 4.39 Å². The molecular weight excluding hydrogens is 291 g/mol. The molecule has 2 aromatic heterocycles. The van der Waals surface area contributed by atoms with Gasteiger partial charge in [0.05, 0.1) is 11.7 Å². The first-order valence-electron chi connectivity index (χ1n) is 8.11. The standard InChI is InChI=1S/C18H19FN4/c1-2-22-11-5-9-16(22)18-21-15-8-4-10-20-17(15)23(18)14-7-3-6-13(19)12-14/h3-4,6-8,10,12,16H,2,5,9,11H2,1H3. The quantitative estimate of drug-likeness (QED) is 0.739. The molecule has 0 amide bonds. The number of benzene rings is 1. The third-order valence-electron chi connectivity index (χ3n) is 4.58. The Morgan fingerprint density at radius 1 is 1.26 bits per heavy atom. The van der Waals surface area contributed by atoms with Crippen LogP contribution in [0.5, 0.6) is 0 Å². The van der Waals surface area contributed by atoms with Gasteiger partial charge < -0.3 is 0 Å². The Labute approximate surface area is 134 Å². The van der Waals surface area contributed by atoms with Crippen molar-refractivity contribution in [3.05, 3.63) is 54.2 Å². The van der Waals surface area contributed by atoms with Gasteiger partial charge >= 0.3 is 0 Å². The molecule has 4 rings (SSSR count). The second-order valence-corrected chi connectivity index (χ2v) is 5.92. The Morgan fingerprint density at radius 2 is 2.17 bits per heavy atom. The fourth-order valence-corrected chi connectivity index (χ4v) is 3.52. The van der Waals surface area contributed by atoms with Crippen molar-refractivity contribution in [1.29, 1.82) is 0 Å². The molecule has 118 valence electrons. The van der Waals surface area contributed by atoms with Crippen LogP contribution in [0.4, 0.5) is 4.39 Å². The molecule has 1 aromatic carbocycles. The smallest absolute Gasteiger partial charge is 0.164 e. The van der Waals surface area contributed by atoms with Crippen LogP contribution in [-0.2, 0) is 0 Å². The number of fused-ring (bicyclic) bond motifs is 1. The van der Waals surface area contributed by atoms with E-state index in [4.69, 9.17) is 4.98 Å². The van der Waals surface area contributed by atoms with E-state index in [1.165, 1.54) is 6.07 Å². The number of hydrogen-bond donors (Lipinski definition) is 0. The summed E-state index contributed by atoms with van der Waals surface area (Å²) in [4.78, 5) is 11.8. The van der Waals surface area contributed by atoms with Crippen LogP contribution in [-0.4, -0.2) is 32.5 Å². The molecule has 1 fully saturated rings. The monoisotopic (exact) mass is 310 g/mol. The molecule has 1 aliphatic rings. The van der Waals surface area contributed by atoms with Crippen LogP contribution in [0.2, 0.25) is 0 Å². The van der Waals surface area contributed by atoms with E-state index < -0.39 is 0 Å². The molecule has 1 atom stereocenters. The lowest BCUT2D eigenvalue weighted by Gasteiger charge is -2.23. The second kappa shape index (κ2) is 5.74. The van der Waals surface area contributed by atoms with Gasteiger partial charge in [-0.2, -0.15) is 0 Å². The second-order valence-electron chi connectivity index (χ2n) is 5.92. The summed E-state index contributed by atoms with van der Waals surface area (Å²) in [6.07, 6.45) is 4.00. The zero-order chi connectivity index (χ0) is 15.8. The molecule has 0 radical (unpaired) electrons. The SMILES string of the molecule is CCN1CCCC1c1nc2cccnc2n1-c1cccc(F)c1. The maximum atomic E-state index is 13.7. The number of aromatic nitrogens is 3. The van der Waals surface area contributed by atoms with Gasteiger partial charge in [0.25, 0.3) is 0 Å². The molecule has 0 saturated carbocycles. The number of hydrogen-bond acceptors (Lipinski definition) is 3. The summed E-state index contributed by atoms with van der Waals surface area (Å²) in [6.45, 7) is 4.25. The van der Waals surface area contributed by atoms with E-state index in [2.05, 4.69) is 16.8 Å². The molecule has 3 aromatic rings. The van der Waals surface area contributed by atoms with Crippen molar-refractivity contribution >= 4 is 11.2 Å². The summed E-state index contributed by atoms with van der Waals surface area (Å²) >= 11 is 0. The fourth-order valence-electron chi connectivity index (χ4n) is 3.52. The minimum absolute atomic E-state index is 0.245. The van der Waals surface area contributed by atoms with Crippen molar-refractivity contribution in [3.63, 3.8) is 0 Å². The first-order valence-corrected chi connectivity index (χ1v) is 8.11. The van der Waals surface area contributed by atoms with Crippen molar-refractivity contribution in [2.45, 2.75) is 25.8 Å². The van der Waals surface area contributed by atoms with Gasteiger partial charge in [0.2, 0.25) is 0 Å². The third kappa shape index (κ3) is 2.41. The summed E-state index contributed by atoms with van der Waals surface area (Å²) in [7, 11) is 0. The van der Waals surface area contributed by atoms with Gasteiger partial charge in [0.1, 0.15) is 17.2 Å². The van der Waals surface area contributed by atoms with E-state index >= 15 is 0 Å². The molecule has 4 nitrogen and oxygen atoms in total. The van der Waals surface area contributed by atoms with Crippen LogP contribution in [0.1, 0.15) is 31.6 Å². The van der Waals surface area contributed by atoms with Crippen molar-refractivity contribution in [2.24, 2.45) is 0 Å². The van der Waals surface area contributed by atoms with E-state index in [-0.39, 0.29) is 11.9 Å². The lowest BCUT2D eigenvalue weighted by Crippen LogP contribution is -2.25. The van der Waals surface area contributed by atoms with Gasteiger partial charge in [-0.05, 0) is 56.3 Å². The van der Waals surface area contributed by atoms with Crippen LogP contribution in [0.25, 0.3) is 16.9 Å². The Balaban J connectivity index is 1.95. The highest BCUT2D eigenvalue weighted by Gasteiger charge is 2.30. The number of halogens is 1. The van der Waals surface area contributed by atoms with E-state index in [0.29, 0.717) is 0 Å². The number of imidazole rings is 1. The highest BCUT2D eigenvalue weighted by atomic mass is 19.1. The minimum atomic E-state index is -0.245. The van der Waals surface area contributed by atoms with Gasteiger partial charge in [-0.15, -0.1) is 0 Å². The molecule has 1 saturated heterocycles. The average molecular weight is 310 g/mol. The molecule has 1 unspecified atom stereocenters. The Bertz CT molecular complexity index is 842. The number of likely N-dealkylation sites (tertiary alicyclic amines) is 1. The number of nitrogens with zero attached hydrogens (tertiary/aromatic N) is 4. The zero-order valence-electron chi connectivity index (χ0n) is 13.1. The molecule has 0 aliphatic carbocycles. The number of rotatable bonds is 3. The van der Waals surface area contributed by atoms with Crippen LogP contribution in [0, 0.1) is 5.82 Å². The number of pyridine rings is 1. The summed E-state index contributed by atoms with van der Waals surface area (Å²) in [5.41, 5.74) is 2.43. The molecule has 0 bridgehead atoms. The largest absolute Gasteiger partial charge is 0.294 e. The topological polar surface area (TPSA) is 34.0 Å². The highest BCUT2D eigenvalue weighted by Crippen LogP contribution is 2.34. The lowest BCUT2D eigenvalue weighted by molar-refractivity contribution is 0.261. The molecule has 3 heterocycles. The first kappa shape index (κ1) is 14.3. The van der Waals surface area contributed by atoms with Crippen LogP contribution >= 0.6 is 0 Å². The van der Waals surface area contributed by atoms with E-state index in [1.54, 1.807) is 18.3 Å². The van der Waals surface area contributed by atoms with Crippen LogP contribution in [0.15, 0.2) is 42.6 Å². The van der Waals surface area contributed by atoms with Gasteiger partial charge in [-0.1, -0.05) is 13.0 Å². The summed E-state index contributed by atoms with van der Waals surface area (Å²) in [6, 6.07) is 10.8. The average Bonchev–Trinajstić information content (AvgIpc) is 3.18. The third-order valence-corrected chi connectivity index (χ3v) is 4.58. The van der Waals surface area contributed by atoms with Gasteiger partial charge in [0.15, 0.2) is 5.65 Å². The highest BCUT2D eigenvalue weighted by molar-refractivity contribution is 5.74. The maximum absolute atomic E-state index is 13.7. The molecular formula is C18H19FN4. The summed E-state index contributed by atoms with van der Waals surface area (Å²) < 4.78 is 15.8. The molecule has 0 spiro atoms. The predicted molar refractivity (Wildman–Crippen MR) is 88.0 cm³/mol. The molecule has 5 heteroatoms. The van der Waals surface area contributed by atoms with Gasteiger partial charge in [-0.3, -0.25) is 9.47 Å². The first-order chi connectivity index (χ1) is 11.3. The summed E-state index contributed by atoms with van der Waals surface area (Å²) in [5.74, 6) is 0.716. The maximum Gasteiger partial charge on any atom is 0.164 e. The van der Waals surface area contributed by atoms with Gasteiger partial charge in [-0.25, -0.2) is 14.4 Å². The van der Waals surface area contributed by atoms with Gasteiger partial charge in [0, 0.05) is 6.20 Å². The van der Waals surface area contributed by atoms with Crippen molar-refractivity contribution in [3.8, 4) is 5.69 Å². The van der Waals surface area contributed by atoms with E-state index in [1.807, 2.05) is 22.8 Å². The normalized spacial score (nSPS) is 18.8. The molecule has 1 aliphatic heterocycles. The van der Waals surface area contributed by atoms with E-state index in [9.17, 15) is 4.39 Å². The Kier molecular flexibility index (Phi) is 3.58. The molecule has 0 N–H and O–H groups in total. The Hall–Kier alpha value is -2.27. The Morgan fingerprint density at radius 3 is 3.00 bits per heavy atom.